The van der Waals surface area contributed by atoms with E-state index in [1.54, 1.807) is 24.0 Å². The molecule has 0 fully saturated rings. The summed E-state index contributed by atoms with van der Waals surface area (Å²) in [5.41, 5.74) is 0. The standard InChI is InChI=1S/C6H7ClN2S/c1-2-10-6-8-4-3-5(7)9-6/h3-4H,2H2,1H3. The van der Waals surface area contributed by atoms with Crippen LogP contribution in [0.2, 0.25) is 5.15 Å². The molecule has 54 valence electrons. The molecule has 0 aliphatic heterocycles. The van der Waals surface area contributed by atoms with Gasteiger partial charge >= 0.3 is 0 Å². The highest BCUT2D eigenvalue weighted by Gasteiger charge is 1.94. The predicted octanol–water partition coefficient (Wildman–Crippen LogP) is 2.24. The van der Waals surface area contributed by atoms with Crippen molar-refractivity contribution >= 4 is 23.4 Å². The molecule has 0 spiro atoms. The molecular weight excluding hydrogens is 168 g/mol. The molecule has 1 rings (SSSR count). The average Bonchev–Trinajstić information content (AvgIpc) is 1.88. The zero-order valence-corrected chi connectivity index (χ0v) is 7.11. The van der Waals surface area contributed by atoms with Crippen molar-refractivity contribution in [2.75, 3.05) is 5.75 Å². The van der Waals surface area contributed by atoms with Crippen LogP contribution in [-0.2, 0) is 0 Å². The maximum Gasteiger partial charge on any atom is 0.188 e. The fraction of sp³-hybridized carbons (Fsp3) is 0.333. The van der Waals surface area contributed by atoms with Gasteiger partial charge in [0.05, 0.1) is 0 Å². The number of nitrogens with zero attached hydrogens (tertiary/aromatic N) is 2. The summed E-state index contributed by atoms with van der Waals surface area (Å²) in [7, 11) is 0. The number of halogens is 1. The van der Waals surface area contributed by atoms with E-state index in [1.807, 2.05) is 0 Å². The number of aromatic nitrogens is 2. The Kier molecular flexibility index (Phi) is 2.96. The molecule has 0 saturated carbocycles. The quantitative estimate of drug-likeness (QED) is 0.391. The van der Waals surface area contributed by atoms with Crippen molar-refractivity contribution in [1.82, 2.24) is 9.97 Å². The average molecular weight is 175 g/mol. The predicted molar refractivity (Wildman–Crippen MR) is 43.4 cm³/mol. The van der Waals surface area contributed by atoms with Gasteiger partial charge in [0.1, 0.15) is 5.15 Å². The SMILES string of the molecule is CCSc1nccc(Cl)n1. The first kappa shape index (κ1) is 7.82. The van der Waals surface area contributed by atoms with E-state index < -0.39 is 0 Å². The molecule has 0 saturated heterocycles. The van der Waals surface area contributed by atoms with Crippen molar-refractivity contribution in [2.45, 2.75) is 12.1 Å². The maximum atomic E-state index is 5.62. The smallest absolute Gasteiger partial charge is 0.188 e. The van der Waals surface area contributed by atoms with Gasteiger partial charge < -0.3 is 0 Å². The lowest BCUT2D eigenvalue weighted by molar-refractivity contribution is 0.968. The lowest BCUT2D eigenvalue weighted by atomic mass is 10.7. The van der Waals surface area contributed by atoms with E-state index in [-0.39, 0.29) is 0 Å². The first-order chi connectivity index (χ1) is 4.83. The summed E-state index contributed by atoms with van der Waals surface area (Å²) in [6.07, 6.45) is 1.66. The third-order valence-corrected chi connectivity index (χ3v) is 1.83. The largest absolute Gasteiger partial charge is 0.231 e. The van der Waals surface area contributed by atoms with E-state index in [0.29, 0.717) is 5.15 Å². The molecule has 0 aliphatic rings. The molecule has 0 bridgehead atoms. The second-order valence-electron chi connectivity index (χ2n) is 1.59. The van der Waals surface area contributed by atoms with Gasteiger partial charge in [-0.1, -0.05) is 30.3 Å². The van der Waals surface area contributed by atoms with E-state index in [4.69, 9.17) is 11.6 Å². The Labute approximate surface area is 69.0 Å². The second kappa shape index (κ2) is 3.78. The minimum atomic E-state index is 0.506. The van der Waals surface area contributed by atoms with Crippen LogP contribution in [0.25, 0.3) is 0 Å². The Morgan fingerprint density at radius 2 is 2.50 bits per heavy atom. The first-order valence-electron chi connectivity index (χ1n) is 2.94. The van der Waals surface area contributed by atoms with Crippen LogP contribution in [0.1, 0.15) is 6.92 Å². The van der Waals surface area contributed by atoms with Crippen LogP contribution in [-0.4, -0.2) is 15.7 Å². The lowest BCUT2D eigenvalue weighted by Gasteiger charge is -1.94. The molecule has 0 aliphatic carbocycles. The molecule has 0 amide bonds. The zero-order chi connectivity index (χ0) is 7.40. The van der Waals surface area contributed by atoms with Gasteiger partial charge in [0, 0.05) is 6.20 Å². The van der Waals surface area contributed by atoms with Crippen LogP contribution in [0.5, 0.6) is 0 Å². The minimum absolute atomic E-state index is 0.506. The van der Waals surface area contributed by atoms with Crippen LogP contribution in [0.4, 0.5) is 0 Å². The molecule has 0 radical (unpaired) electrons. The molecule has 0 N–H and O–H groups in total. The Morgan fingerprint density at radius 3 is 3.10 bits per heavy atom. The summed E-state index contributed by atoms with van der Waals surface area (Å²) in [5, 5.41) is 1.25. The van der Waals surface area contributed by atoms with E-state index in [9.17, 15) is 0 Å². The van der Waals surface area contributed by atoms with Crippen molar-refractivity contribution < 1.29 is 0 Å². The molecule has 1 heterocycles. The molecule has 0 aromatic carbocycles. The second-order valence-corrected chi connectivity index (χ2v) is 3.21. The van der Waals surface area contributed by atoms with Gasteiger partial charge in [-0.15, -0.1) is 0 Å². The van der Waals surface area contributed by atoms with Gasteiger partial charge in [0.2, 0.25) is 0 Å². The number of rotatable bonds is 2. The van der Waals surface area contributed by atoms with Crippen molar-refractivity contribution in [3.63, 3.8) is 0 Å². The van der Waals surface area contributed by atoms with Gasteiger partial charge in [-0.3, -0.25) is 0 Å². The third-order valence-electron chi connectivity index (χ3n) is 0.873. The van der Waals surface area contributed by atoms with Crippen molar-refractivity contribution in [3.05, 3.63) is 17.4 Å². The van der Waals surface area contributed by atoms with E-state index >= 15 is 0 Å². The van der Waals surface area contributed by atoms with E-state index in [0.717, 1.165) is 10.9 Å². The summed E-state index contributed by atoms with van der Waals surface area (Å²) in [5.74, 6) is 0.973. The summed E-state index contributed by atoms with van der Waals surface area (Å²) in [6, 6.07) is 1.67. The molecular formula is C6H7ClN2S. The molecule has 1 aromatic heterocycles. The molecule has 4 heteroatoms. The van der Waals surface area contributed by atoms with Crippen molar-refractivity contribution in [1.29, 1.82) is 0 Å². The number of thioether (sulfide) groups is 1. The maximum absolute atomic E-state index is 5.62. The van der Waals surface area contributed by atoms with Crippen LogP contribution in [0, 0.1) is 0 Å². The van der Waals surface area contributed by atoms with Gasteiger partial charge in [0.15, 0.2) is 5.16 Å². The molecule has 1 aromatic rings. The Hall–Kier alpha value is -0.280. The summed E-state index contributed by atoms with van der Waals surface area (Å²) in [4.78, 5) is 7.98. The monoisotopic (exact) mass is 174 g/mol. The highest BCUT2D eigenvalue weighted by molar-refractivity contribution is 7.99. The topological polar surface area (TPSA) is 25.8 Å². The Morgan fingerprint density at radius 1 is 1.70 bits per heavy atom. The van der Waals surface area contributed by atoms with Crippen LogP contribution in [0.3, 0.4) is 0 Å². The van der Waals surface area contributed by atoms with Crippen LogP contribution < -0.4 is 0 Å². The highest BCUT2D eigenvalue weighted by Crippen LogP contribution is 2.13. The van der Waals surface area contributed by atoms with Gasteiger partial charge in [-0.25, -0.2) is 9.97 Å². The molecule has 0 atom stereocenters. The summed E-state index contributed by atoms with van der Waals surface area (Å²) < 4.78 is 0. The summed E-state index contributed by atoms with van der Waals surface area (Å²) in [6.45, 7) is 2.05. The minimum Gasteiger partial charge on any atom is -0.231 e. The third kappa shape index (κ3) is 2.15. The van der Waals surface area contributed by atoms with E-state index in [2.05, 4.69) is 16.9 Å². The normalized spacial score (nSPS) is 9.80. The highest BCUT2D eigenvalue weighted by atomic mass is 35.5. The fourth-order valence-electron chi connectivity index (χ4n) is 0.519. The van der Waals surface area contributed by atoms with Gasteiger partial charge in [-0.05, 0) is 11.8 Å². The number of hydrogen-bond acceptors (Lipinski definition) is 3. The van der Waals surface area contributed by atoms with Crippen molar-refractivity contribution in [2.24, 2.45) is 0 Å². The Balaban J connectivity index is 2.75. The van der Waals surface area contributed by atoms with Crippen LogP contribution in [0.15, 0.2) is 17.4 Å². The van der Waals surface area contributed by atoms with Gasteiger partial charge in [0.25, 0.3) is 0 Å². The number of hydrogen-bond donors (Lipinski definition) is 0. The zero-order valence-electron chi connectivity index (χ0n) is 5.54. The molecule has 10 heavy (non-hydrogen) atoms. The van der Waals surface area contributed by atoms with Crippen LogP contribution >= 0.6 is 23.4 Å². The van der Waals surface area contributed by atoms with E-state index in [1.165, 1.54) is 0 Å². The molecule has 2 nitrogen and oxygen atoms in total. The Bertz CT molecular complexity index is 217. The summed E-state index contributed by atoms with van der Waals surface area (Å²) >= 11 is 7.20. The first-order valence-corrected chi connectivity index (χ1v) is 4.30. The lowest BCUT2D eigenvalue weighted by Crippen LogP contribution is -1.84. The van der Waals surface area contributed by atoms with Crippen molar-refractivity contribution in [3.8, 4) is 0 Å². The van der Waals surface area contributed by atoms with Gasteiger partial charge in [-0.2, -0.15) is 0 Å². The molecule has 0 unspecified atom stereocenters. The fourth-order valence-corrected chi connectivity index (χ4v) is 1.26.